The van der Waals surface area contributed by atoms with E-state index >= 15 is 0 Å². The lowest BCUT2D eigenvalue weighted by molar-refractivity contribution is -0.125. The van der Waals surface area contributed by atoms with Gasteiger partial charge in [-0.05, 0) is 23.9 Å². The van der Waals surface area contributed by atoms with Crippen molar-refractivity contribution in [1.82, 2.24) is 5.32 Å². The van der Waals surface area contributed by atoms with Crippen LogP contribution in [-0.2, 0) is 14.3 Å². The van der Waals surface area contributed by atoms with Crippen molar-refractivity contribution in [3.63, 3.8) is 0 Å². The zero-order valence-corrected chi connectivity index (χ0v) is 13.3. The summed E-state index contributed by atoms with van der Waals surface area (Å²) < 4.78 is 9.65. The van der Waals surface area contributed by atoms with Gasteiger partial charge in [-0.25, -0.2) is 9.59 Å². The van der Waals surface area contributed by atoms with E-state index in [1.807, 2.05) is 0 Å². The van der Waals surface area contributed by atoms with Gasteiger partial charge in [0.1, 0.15) is 17.4 Å². The molecule has 2 amide bonds. The van der Waals surface area contributed by atoms with E-state index in [0.717, 1.165) is 0 Å². The SMILES string of the molecule is COC(=O)c1ccccc1OC(=O)SC[C@H](NC(C)=O)C(N)=O. The summed E-state index contributed by atoms with van der Waals surface area (Å²) in [6.07, 6.45) is 0. The van der Waals surface area contributed by atoms with E-state index in [0.29, 0.717) is 11.8 Å². The molecule has 0 aromatic heterocycles. The Morgan fingerprint density at radius 2 is 1.91 bits per heavy atom. The molecule has 0 aliphatic carbocycles. The average Bonchev–Trinajstić information content (AvgIpc) is 2.50. The third-order valence-electron chi connectivity index (χ3n) is 2.57. The third-order valence-corrected chi connectivity index (χ3v) is 3.39. The van der Waals surface area contributed by atoms with Crippen LogP contribution in [0.3, 0.4) is 0 Å². The molecule has 0 bridgehead atoms. The summed E-state index contributed by atoms with van der Waals surface area (Å²) in [4.78, 5) is 45.5. The van der Waals surface area contributed by atoms with E-state index < -0.39 is 29.1 Å². The van der Waals surface area contributed by atoms with Gasteiger partial charge in [-0.15, -0.1) is 0 Å². The van der Waals surface area contributed by atoms with E-state index in [4.69, 9.17) is 10.5 Å². The highest BCUT2D eigenvalue weighted by atomic mass is 32.2. The number of hydrogen-bond donors (Lipinski definition) is 2. The van der Waals surface area contributed by atoms with Gasteiger partial charge in [0, 0.05) is 12.7 Å². The fraction of sp³-hybridized carbons (Fsp3) is 0.286. The van der Waals surface area contributed by atoms with Gasteiger partial charge >= 0.3 is 11.3 Å². The topological polar surface area (TPSA) is 125 Å². The molecule has 0 fully saturated rings. The minimum absolute atomic E-state index is 0.0343. The zero-order chi connectivity index (χ0) is 17.4. The fourth-order valence-electron chi connectivity index (χ4n) is 1.55. The lowest BCUT2D eigenvalue weighted by Crippen LogP contribution is -2.45. The summed E-state index contributed by atoms with van der Waals surface area (Å²) >= 11 is 0.649. The Balaban J connectivity index is 2.68. The van der Waals surface area contributed by atoms with E-state index in [1.165, 1.54) is 26.2 Å². The molecule has 8 nitrogen and oxygen atoms in total. The minimum atomic E-state index is -0.999. The normalized spacial score (nSPS) is 11.2. The van der Waals surface area contributed by atoms with Crippen LogP contribution in [0.2, 0.25) is 0 Å². The van der Waals surface area contributed by atoms with Crippen molar-refractivity contribution < 1.29 is 28.7 Å². The fourth-order valence-corrected chi connectivity index (χ4v) is 2.24. The van der Waals surface area contributed by atoms with Gasteiger partial charge < -0.3 is 20.5 Å². The van der Waals surface area contributed by atoms with Crippen LogP contribution in [0.5, 0.6) is 5.75 Å². The summed E-state index contributed by atoms with van der Waals surface area (Å²) in [7, 11) is 1.21. The number of benzene rings is 1. The van der Waals surface area contributed by atoms with Crippen LogP contribution in [0.25, 0.3) is 0 Å². The first kappa shape index (κ1) is 18.5. The molecule has 0 radical (unpaired) electrons. The molecule has 1 aromatic carbocycles. The second kappa shape index (κ2) is 8.79. The Kier molecular flexibility index (Phi) is 7.07. The van der Waals surface area contributed by atoms with Crippen molar-refractivity contribution in [1.29, 1.82) is 0 Å². The lowest BCUT2D eigenvalue weighted by atomic mass is 10.2. The molecule has 0 spiro atoms. The van der Waals surface area contributed by atoms with Crippen LogP contribution in [0.4, 0.5) is 4.79 Å². The summed E-state index contributed by atoms with van der Waals surface area (Å²) in [6.45, 7) is 1.23. The quantitative estimate of drug-likeness (QED) is 0.730. The average molecular weight is 340 g/mol. The number of ether oxygens (including phenoxy) is 2. The Labute approximate surface area is 136 Å². The Morgan fingerprint density at radius 3 is 2.48 bits per heavy atom. The maximum Gasteiger partial charge on any atom is 0.372 e. The van der Waals surface area contributed by atoms with Gasteiger partial charge in [0.25, 0.3) is 0 Å². The molecule has 0 aliphatic heterocycles. The van der Waals surface area contributed by atoms with Crippen LogP contribution >= 0.6 is 11.8 Å². The minimum Gasteiger partial charge on any atom is -0.465 e. The van der Waals surface area contributed by atoms with Crippen LogP contribution in [-0.4, -0.2) is 42.0 Å². The number of methoxy groups -OCH3 is 1. The van der Waals surface area contributed by atoms with Gasteiger partial charge in [0.2, 0.25) is 11.8 Å². The molecule has 1 aromatic rings. The molecule has 3 N–H and O–H groups in total. The third kappa shape index (κ3) is 5.99. The Bertz CT molecular complexity index is 619. The Morgan fingerprint density at radius 1 is 1.26 bits per heavy atom. The number of carbonyl (C=O) groups is 4. The van der Waals surface area contributed by atoms with Crippen LogP contribution < -0.4 is 15.8 Å². The molecule has 124 valence electrons. The number of carbonyl (C=O) groups excluding carboxylic acids is 4. The molecule has 0 heterocycles. The summed E-state index contributed by atoms with van der Waals surface area (Å²) in [5, 5.41) is 1.57. The summed E-state index contributed by atoms with van der Waals surface area (Å²) in [5.74, 6) is -1.92. The number of primary amides is 1. The summed E-state index contributed by atoms with van der Waals surface area (Å²) in [6, 6.07) is 5.06. The first-order valence-corrected chi connectivity index (χ1v) is 7.42. The van der Waals surface area contributed by atoms with E-state index in [-0.39, 0.29) is 17.1 Å². The monoisotopic (exact) mass is 340 g/mol. The first-order chi connectivity index (χ1) is 10.8. The first-order valence-electron chi connectivity index (χ1n) is 6.43. The largest absolute Gasteiger partial charge is 0.465 e. The van der Waals surface area contributed by atoms with Gasteiger partial charge in [0.15, 0.2) is 0 Å². The molecular formula is C14H16N2O6S. The molecule has 23 heavy (non-hydrogen) atoms. The number of nitrogens with two attached hydrogens (primary N) is 1. The molecule has 0 saturated heterocycles. The molecule has 0 saturated carbocycles. The van der Waals surface area contributed by atoms with Gasteiger partial charge in [0.05, 0.1) is 7.11 Å². The molecule has 0 aliphatic rings. The van der Waals surface area contributed by atoms with Gasteiger partial charge in [-0.1, -0.05) is 12.1 Å². The van der Waals surface area contributed by atoms with Crippen molar-refractivity contribution in [3.8, 4) is 5.75 Å². The number of rotatable bonds is 6. The Hall–Kier alpha value is -2.55. The number of hydrogen-bond acceptors (Lipinski definition) is 7. The molecule has 9 heteroatoms. The number of esters is 1. The van der Waals surface area contributed by atoms with E-state index in [9.17, 15) is 19.2 Å². The maximum absolute atomic E-state index is 11.8. The molecular weight excluding hydrogens is 324 g/mol. The van der Waals surface area contributed by atoms with Crippen molar-refractivity contribution in [2.24, 2.45) is 5.73 Å². The number of nitrogens with one attached hydrogen (secondary N) is 1. The highest BCUT2D eigenvalue weighted by Gasteiger charge is 2.20. The molecule has 1 atom stereocenters. The van der Waals surface area contributed by atoms with Crippen LogP contribution in [0, 0.1) is 0 Å². The van der Waals surface area contributed by atoms with Crippen molar-refractivity contribution in [3.05, 3.63) is 29.8 Å². The van der Waals surface area contributed by atoms with Gasteiger partial charge in [-0.2, -0.15) is 0 Å². The van der Waals surface area contributed by atoms with E-state index in [2.05, 4.69) is 10.1 Å². The molecule has 1 rings (SSSR count). The second-order valence-corrected chi connectivity index (χ2v) is 5.26. The zero-order valence-electron chi connectivity index (χ0n) is 12.5. The van der Waals surface area contributed by atoms with Crippen molar-refractivity contribution >= 4 is 34.8 Å². The van der Waals surface area contributed by atoms with Gasteiger partial charge in [-0.3, -0.25) is 9.59 Å². The van der Waals surface area contributed by atoms with Crippen molar-refractivity contribution in [2.75, 3.05) is 12.9 Å². The maximum atomic E-state index is 11.8. The summed E-state index contributed by atoms with van der Waals surface area (Å²) in [5.41, 5.74) is 5.22. The smallest absolute Gasteiger partial charge is 0.372 e. The predicted molar refractivity (Wildman–Crippen MR) is 83.1 cm³/mol. The highest BCUT2D eigenvalue weighted by Crippen LogP contribution is 2.21. The highest BCUT2D eigenvalue weighted by molar-refractivity contribution is 8.13. The second-order valence-electron chi connectivity index (χ2n) is 4.31. The standard InChI is InChI=1S/C14H16N2O6S/c1-8(17)16-10(12(15)18)7-23-14(20)22-11-6-4-3-5-9(11)13(19)21-2/h3-6,10H,7H2,1-2H3,(H2,15,18)(H,16,17)/t10-/m0/s1. The van der Waals surface area contributed by atoms with Crippen LogP contribution in [0.1, 0.15) is 17.3 Å². The number of thioether (sulfide) groups is 1. The molecule has 0 unspecified atom stereocenters. The number of amides is 2. The lowest BCUT2D eigenvalue weighted by Gasteiger charge is -2.13. The number of para-hydroxylation sites is 1. The predicted octanol–water partition coefficient (Wildman–Crippen LogP) is 0.695. The van der Waals surface area contributed by atoms with Crippen LogP contribution in [0.15, 0.2) is 24.3 Å². The van der Waals surface area contributed by atoms with Crippen molar-refractivity contribution in [2.45, 2.75) is 13.0 Å². The van der Waals surface area contributed by atoms with E-state index in [1.54, 1.807) is 12.1 Å².